The predicted molar refractivity (Wildman–Crippen MR) is 62.1 cm³/mol. The predicted octanol–water partition coefficient (Wildman–Crippen LogP) is 2.74. The van der Waals surface area contributed by atoms with Gasteiger partial charge in [0.1, 0.15) is 5.75 Å². The smallest absolute Gasteiger partial charge is 0.339 e. The van der Waals surface area contributed by atoms with E-state index in [4.69, 9.17) is 16.3 Å². The third-order valence-electron chi connectivity index (χ3n) is 1.63. The van der Waals surface area contributed by atoms with Crippen LogP contribution in [-0.4, -0.2) is 20.2 Å². The highest BCUT2D eigenvalue weighted by Gasteiger charge is 2.15. The summed E-state index contributed by atoms with van der Waals surface area (Å²) in [5.74, 6) is 0.00535. The number of benzene rings is 1. The van der Waals surface area contributed by atoms with Crippen molar-refractivity contribution in [2.45, 2.75) is 0 Å². The van der Waals surface area contributed by atoms with Gasteiger partial charge >= 0.3 is 5.97 Å². The zero-order valence-electron chi connectivity index (χ0n) is 7.64. The maximum atomic E-state index is 11.3. The molecule has 0 radical (unpaired) electrons. The second-order valence-corrected chi connectivity index (χ2v) is 4.08. The number of carbonyl (C=O) groups excluding carboxylic acids is 1. The Morgan fingerprint density at radius 1 is 1.43 bits per heavy atom. The molecule has 76 valence electrons. The molecule has 0 heterocycles. The van der Waals surface area contributed by atoms with Crippen LogP contribution in [-0.2, 0) is 4.74 Å². The van der Waals surface area contributed by atoms with Gasteiger partial charge in [0.15, 0.2) is 0 Å². The molecule has 3 nitrogen and oxygen atoms in total. The van der Waals surface area contributed by atoms with Gasteiger partial charge in [-0.15, -0.1) is 0 Å². The molecule has 0 saturated carbocycles. The van der Waals surface area contributed by atoms with Crippen LogP contribution in [0.2, 0.25) is 5.02 Å². The molecule has 5 heteroatoms. The fraction of sp³-hybridized carbons (Fsp3) is 0.222. The third-order valence-corrected chi connectivity index (χ3v) is 2.64. The Hall–Kier alpha value is -0.490. The van der Waals surface area contributed by atoms with Crippen LogP contribution in [0.15, 0.2) is 12.1 Å². The van der Waals surface area contributed by atoms with E-state index in [1.807, 2.05) is 0 Å². The minimum absolute atomic E-state index is 0.278. The number of carbonyl (C=O) groups is 1. The molecule has 0 amide bonds. The van der Waals surface area contributed by atoms with Gasteiger partial charge in [-0.1, -0.05) is 11.6 Å². The number of halogens is 2. The molecule has 14 heavy (non-hydrogen) atoms. The maximum Gasteiger partial charge on any atom is 0.339 e. The summed E-state index contributed by atoms with van der Waals surface area (Å²) in [6, 6.07) is 3.40. The van der Waals surface area contributed by atoms with Gasteiger partial charge in [0, 0.05) is 3.57 Å². The molecule has 1 aromatic rings. The fourth-order valence-electron chi connectivity index (χ4n) is 0.971. The van der Waals surface area contributed by atoms with Crippen molar-refractivity contribution in [3.05, 3.63) is 26.3 Å². The molecule has 0 fully saturated rings. The molecule has 0 unspecified atom stereocenters. The zero-order chi connectivity index (χ0) is 10.7. The van der Waals surface area contributed by atoms with E-state index in [-0.39, 0.29) is 5.02 Å². The number of esters is 1. The Morgan fingerprint density at radius 2 is 2.07 bits per heavy atom. The van der Waals surface area contributed by atoms with Crippen LogP contribution in [0, 0.1) is 3.57 Å². The molecular formula is C9H8ClIO3. The molecule has 0 aliphatic rings. The van der Waals surface area contributed by atoms with Crippen molar-refractivity contribution in [2.75, 3.05) is 14.2 Å². The topological polar surface area (TPSA) is 35.5 Å². The first-order valence-corrected chi connectivity index (χ1v) is 5.17. The van der Waals surface area contributed by atoms with E-state index < -0.39 is 5.97 Å². The van der Waals surface area contributed by atoms with E-state index in [0.717, 1.165) is 3.57 Å². The lowest BCUT2D eigenvalue weighted by molar-refractivity contribution is 0.0600. The summed E-state index contributed by atoms with van der Waals surface area (Å²) < 4.78 is 10.5. The quantitative estimate of drug-likeness (QED) is 0.619. The second kappa shape index (κ2) is 4.84. The lowest BCUT2D eigenvalue weighted by Gasteiger charge is -2.07. The van der Waals surface area contributed by atoms with Crippen molar-refractivity contribution in [3.8, 4) is 5.75 Å². The number of methoxy groups -OCH3 is 2. The van der Waals surface area contributed by atoms with E-state index in [1.165, 1.54) is 14.2 Å². The Balaban J connectivity index is 3.29. The van der Waals surface area contributed by atoms with Crippen LogP contribution in [0.3, 0.4) is 0 Å². The summed E-state index contributed by atoms with van der Waals surface area (Å²) in [4.78, 5) is 11.3. The highest BCUT2D eigenvalue weighted by atomic mass is 127. The highest BCUT2D eigenvalue weighted by molar-refractivity contribution is 14.1. The molecule has 0 saturated heterocycles. The van der Waals surface area contributed by atoms with E-state index in [0.29, 0.717) is 11.3 Å². The Labute approximate surface area is 100 Å². The van der Waals surface area contributed by atoms with Crippen molar-refractivity contribution < 1.29 is 14.3 Å². The Morgan fingerprint density at radius 3 is 2.57 bits per heavy atom. The molecule has 1 aromatic carbocycles. The fourth-order valence-corrected chi connectivity index (χ4v) is 1.83. The Kier molecular flexibility index (Phi) is 4.00. The standard InChI is InChI=1S/C9H8ClIO3/c1-13-7-4-5(11)3-6(8(7)10)9(12)14-2/h3-4H,1-2H3. The van der Waals surface area contributed by atoms with Crippen LogP contribution >= 0.6 is 34.2 Å². The molecule has 0 bridgehead atoms. The molecule has 0 aliphatic carbocycles. The van der Waals surface area contributed by atoms with Crippen LogP contribution < -0.4 is 4.74 Å². The first kappa shape index (κ1) is 11.6. The van der Waals surface area contributed by atoms with Gasteiger partial charge in [-0.3, -0.25) is 0 Å². The normalized spacial score (nSPS) is 9.71. The van der Waals surface area contributed by atoms with Crippen LogP contribution in [0.4, 0.5) is 0 Å². The van der Waals surface area contributed by atoms with E-state index >= 15 is 0 Å². The molecular weight excluding hydrogens is 318 g/mol. The number of hydrogen-bond donors (Lipinski definition) is 0. The first-order valence-electron chi connectivity index (χ1n) is 3.71. The summed E-state index contributed by atoms with van der Waals surface area (Å²) in [5, 5.41) is 0.278. The lowest BCUT2D eigenvalue weighted by atomic mass is 10.2. The van der Waals surface area contributed by atoms with Gasteiger partial charge in [0.25, 0.3) is 0 Å². The monoisotopic (exact) mass is 326 g/mol. The third kappa shape index (κ3) is 2.30. The van der Waals surface area contributed by atoms with Gasteiger partial charge in [-0.2, -0.15) is 0 Å². The molecule has 0 spiro atoms. The van der Waals surface area contributed by atoms with Crippen LogP contribution in [0.5, 0.6) is 5.75 Å². The highest BCUT2D eigenvalue weighted by Crippen LogP contribution is 2.30. The van der Waals surface area contributed by atoms with Crippen molar-refractivity contribution >= 4 is 40.2 Å². The summed E-state index contributed by atoms with van der Waals surface area (Å²) in [6.07, 6.45) is 0. The number of ether oxygens (including phenoxy) is 2. The van der Waals surface area contributed by atoms with Crippen molar-refractivity contribution in [1.82, 2.24) is 0 Å². The average molecular weight is 327 g/mol. The first-order chi connectivity index (χ1) is 6.60. The summed E-state index contributed by atoms with van der Waals surface area (Å²) >= 11 is 8.00. The minimum atomic E-state index is -0.466. The lowest BCUT2D eigenvalue weighted by Crippen LogP contribution is -2.03. The molecule has 0 aliphatic heterocycles. The van der Waals surface area contributed by atoms with Gasteiger partial charge in [-0.05, 0) is 34.7 Å². The van der Waals surface area contributed by atoms with Gasteiger partial charge in [-0.25, -0.2) is 4.79 Å². The summed E-state index contributed by atoms with van der Waals surface area (Å²) in [7, 11) is 2.81. The van der Waals surface area contributed by atoms with Crippen LogP contribution in [0.1, 0.15) is 10.4 Å². The van der Waals surface area contributed by atoms with Gasteiger partial charge in [0.2, 0.25) is 0 Å². The zero-order valence-corrected chi connectivity index (χ0v) is 10.5. The second-order valence-electron chi connectivity index (χ2n) is 2.46. The van der Waals surface area contributed by atoms with E-state index in [9.17, 15) is 4.79 Å². The van der Waals surface area contributed by atoms with Gasteiger partial charge < -0.3 is 9.47 Å². The SMILES string of the molecule is COC(=O)c1cc(I)cc(OC)c1Cl. The molecule has 0 atom stereocenters. The summed E-state index contributed by atoms with van der Waals surface area (Å²) in [6.45, 7) is 0. The summed E-state index contributed by atoms with van der Waals surface area (Å²) in [5.41, 5.74) is 0.318. The molecule has 0 aromatic heterocycles. The molecule has 1 rings (SSSR count). The van der Waals surface area contributed by atoms with E-state index in [1.54, 1.807) is 12.1 Å². The minimum Gasteiger partial charge on any atom is -0.495 e. The molecule has 0 N–H and O–H groups in total. The van der Waals surface area contributed by atoms with Crippen molar-refractivity contribution in [3.63, 3.8) is 0 Å². The maximum absolute atomic E-state index is 11.3. The number of rotatable bonds is 2. The largest absolute Gasteiger partial charge is 0.495 e. The van der Waals surface area contributed by atoms with Crippen molar-refractivity contribution in [1.29, 1.82) is 0 Å². The van der Waals surface area contributed by atoms with Crippen molar-refractivity contribution in [2.24, 2.45) is 0 Å². The van der Waals surface area contributed by atoms with Gasteiger partial charge in [0.05, 0.1) is 24.8 Å². The van der Waals surface area contributed by atoms with E-state index in [2.05, 4.69) is 27.3 Å². The van der Waals surface area contributed by atoms with Crippen LogP contribution in [0.25, 0.3) is 0 Å². The number of hydrogen-bond acceptors (Lipinski definition) is 3. The average Bonchev–Trinajstić information content (AvgIpc) is 2.19. The Bertz CT molecular complexity index is 365.